The molecule has 2 aromatic carbocycles. The van der Waals surface area contributed by atoms with E-state index in [9.17, 15) is 0 Å². The third-order valence-electron chi connectivity index (χ3n) is 3.23. The Morgan fingerprint density at radius 1 is 0.812 bits per heavy atom. The van der Waals surface area contributed by atoms with E-state index in [2.05, 4.69) is 63.2 Å². The SMILES string of the molecule is Cc1ccc(Cc2cccc(C)c2C)cc1. The summed E-state index contributed by atoms with van der Waals surface area (Å²) in [4.78, 5) is 0. The largest absolute Gasteiger partial charge is 0.0617 e. The van der Waals surface area contributed by atoms with Gasteiger partial charge in [0.15, 0.2) is 0 Å². The molecule has 0 heterocycles. The summed E-state index contributed by atoms with van der Waals surface area (Å²) in [7, 11) is 0. The van der Waals surface area contributed by atoms with Gasteiger partial charge in [-0.25, -0.2) is 0 Å². The molecule has 0 aliphatic carbocycles. The summed E-state index contributed by atoms with van der Waals surface area (Å²) in [6.45, 7) is 6.51. The highest BCUT2D eigenvalue weighted by atomic mass is 14.1. The molecule has 0 nitrogen and oxygen atoms in total. The second-order valence-corrected chi connectivity index (χ2v) is 4.52. The molecule has 0 aliphatic rings. The van der Waals surface area contributed by atoms with E-state index in [1.807, 2.05) is 0 Å². The Hall–Kier alpha value is -1.56. The van der Waals surface area contributed by atoms with Crippen LogP contribution in [0.5, 0.6) is 0 Å². The van der Waals surface area contributed by atoms with Gasteiger partial charge < -0.3 is 0 Å². The fraction of sp³-hybridized carbons (Fsp3) is 0.250. The molecule has 0 unspecified atom stereocenters. The molecule has 0 bridgehead atoms. The van der Waals surface area contributed by atoms with Crippen molar-refractivity contribution in [3.63, 3.8) is 0 Å². The lowest BCUT2D eigenvalue weighted by Crippen LogP contribution is -1.93. The van der Waals surface area contributed by atoms with Gasteiger partial charge in [-0.2, -0.15) is 0 Å². The van der Waals surface area contributed by atoms with Crippen molar-refractivity contribution in [3.8, 4) is 0 Å². The van der Waals surface area contributed by atoms with Gasteiger partial charge in [0.25, 0.3) is 0 Å². The lowest BCUT2D eigenvalue weighted by atomic mass is 9.97. The van der Waals surface area contributed by atoms with Gasteiger partial charge in [-0.05, 0) is 49.4 Å². The number of hydrogen-bond donors (Lipinski definition) is 0. The molecule has 2 aromatic rings. The first-order valence-electron chi connectivity index (χ1n) is 5.77. The Kier molecular flexibility index (Phi) is 3.09. The topological polar surface area (TPSA) is 0 Å². The van der Waals surface area contributed by atoms with Crippen molar-refractivity contribution in [3.05, 3.63) is 70.3 Å². The van der Waals surface area contributed by atoms with Gasteiger partial charge in [-0.15, -0.1) is 0 Å². The molecular formula is C16H18. The number of hydrogen-bond acceptors (Lipinski definition) is 0. The highest BCUT2D eigenvalue weighted by molar-refractivity contribution is 5.37. The molecule has 0 spiro atoms. The van der Waals surface area contributed by atoms with Gasteiger partial charge in [0, 0.05) is 0 Å². The third-order valence-corrected chi connectivity index (χ3v) is 3.23. The summed E-state index contributed by atoms with van der Waals surface area (Å²) in [5.41, 5.74) is 6.94. The molecule has 16 heavy (non-hydrogen) atoms. The predicted molar refractivity (Wildman–Crippen MR) is 69.9 cm³/mol. The molecule has 82 valence electrons. The Morgan fingerprint density at radius 3 is 2.19 bits per heavy atom. The Balaban J connectivity index is 2.27. The van der Waals surface area contributed by atoms with E-state index in [1.54, 1.807) is 0 Å². The highest BCUT2D eigenvalue weighted by Crippen LogP contribution is 2.17. The molecule has 0 atom stereocenters. The van der Waals surface area contributed by atoms with Crippen LogP contribution in [0.2, 0.25) is 0 Å². The first-order valence-corrected chi connectivity index (χ1v) is 5.77. The average molecular weight is 210 g/mol. The predicted octanol–water partition coefficient (Wildman–Crippen LogP) is 4.20. The van der Waals surface area contributed by atoms with Crippen LogP contribution < -0.4 is 0 Å². The van der Waals surface area contributed by atoms with Gasteiger partial charge >= 0.3 is 0 Å². The number of benzene rings is 2. The molecule has 0 radical (unpaired) electrons. The van der Waals surface area contributed by atoms with Gasteiger partial charge in [0.2, 0.25) is 0 Å². The van der Waals surface area contributed by atoms with E-state index in [1.165, 1.54) is 27.8 Å². The van der Waals surface area contributed by atoms with Crippen LogP contribution in [-0.4, -0.2) is 0 Å². The Morgan fingerprint density at radius 2 is 1.50 bits per heavy atom. The maximum atomic E-state index is 2.22. The van der Waals surface area contributed by atoms with E-state index in [4.69, 9.17) is 0 Å². The van der Waals surface area contributed by atoms with Gasteiger partial charge in [0.1, 0.15) is 0 Å². The summed E-state index contributed by atoms with van der Waals surface area (Å²) in [5, 5.41) is 0. The first kappa shape index (κ1) is 10.9. The Bertz CT molecular complexity index is 478. The molecule has 0 aromatic heterocycles. The maximum absolute atomic E-state index is 2.22. The minimum Gasteiger partial charge on any atom is -0.0617 e. The minimum absolute atomic E-state index is 1.04. The van der Waals surface area contributed by atoms with E-state index in [-0.39, 0.29) is 0 Å². The van der Waals surface area contributed by atoms with Crippen molar-refractivity contribution in [2.75, 3.05) is 0 Å². The molecular weight excluding hydrogens is 192 g/mol. The van der Waals surface area contributed by atoms with Crippen LogP contribution in [0.15, 0.2) is 42.5 Å². The molecule has 0 fully saturated rings. The molecule has 0 saturated carbocycles. The minimum atomic E-state index is 1.04. The second-order valence-electron chi connectivity index (χ2n) is 4.52. The molecule has 0 N–H and O–H groups in total. The van der Waals surface area contributed by atoms with Crippen LogP contribution in [0.25, 0.3) is 0 Å². The summed E-state index contributed by atoms with van der Waals surface area (Å²) in [6.07, 6.45) is 1.04. The number of rotatable bonds is 2. The molecule has 0 aliphatic heterocycles. The standard InChI is InChI=1S/C16H18/c1-12-7-9-15(10-8-12)11-16-6-4-5-13(2)14(16)3/h4-10H,11H2,1-3H3. The molecule has 0 amide bonds. The monoisotopic (exact) mass is 210 g/mol. The quantitative estimate of drug-likeness (QED) is 0.696. The first-order chi connectivity index (χ1) is 7.66. The van der Waals surface area contributed by atoms with Gasteiger partial charge in [-0.3, -0.25) is 0 Å². The van der Waals surface area contributed by atoms with E-state index < -0.39 is 0 Å². The second kappa shape index (κ2) is 4.52. The van der Waals surface area contributed by atoms with Crippen LogP contribution in [0.1, 0.15) is 27.8 Å². The van der Waals surface area contributed by atoms with Crippen LogP contribution in [-0.2, 0) is 6.42 Å². The molecule has 0 heteroatoms. The summed E-state index contributed by atoms with van der Waals surface area (Å²) >= 11 is 0. The van der Waals surface area contributed by atoms with E-state index in [0.29, 0.717) is 0 Å². The Labute approximate surface area is 97.9 Å². The fourth-order valence-electron chi connectivity index (χ4n) is 1.93. The fourth-order valence-corrected chi connectivity index (χ4v) is 1.93. The van der Waals surface area contributed by atoms with Crippen LogP contribution >= 0.6 is 0 Å². The lowest BCUT2D eigenvalue weighted by molar-refractivity contribution is 1.13. The van der Waals surface area contributed by atoms with E-state index in [0.717, 1.165) is 6.42 Å². The van der Waals surface area contributed by atoms with Gasteiger partial charge in [-0.1, -0.05) is 48.0 Å². The van der Waals surface area contributed by atoms with E-state index >= 15 is 0 Å². The summed E-state index contributed by atoms with van der Waals surface area (Å²) in [6, 6.07) is 15.3. The lowest BCUT2D eigenvalue weighted by Gasteiger charge is -2.08. The zero-order valence-corrected chi connectivity index (χ0v) is 10.2. The maximum Gasteiger partial charge on any atom is -0.00230 e. The van der Waals surface area contributed by atoms with Crippen LogP contribution in [0.3, 0.4) is 0 Å². The van der Waals surface area contributed by atoms with Crippen molar-refractivity contribution in [2.24, 2.45) is 0 Å². The highest BCUT2D eigenvalue weighted by Gasteiger charge is 2.01. The summed E-state index contributed by atoms with van der Waals surface area (Å²) < 4.78 is 0. The zero-order chi connectivity index (χ0) is 11.5. The van der Waals surface area contributed by atoms with Crippen molar-refractivity contribution >= 4 is 0 Å². The average Bonchev–Trinajstić information content (AvgIpc) is 2.28. The van der Waals surface area contributed by atoms with Crippen molar-refractivity contribution in [2.45, 2.75) is 27.2 Å². The summed E-state index contributed by atoms with van der Waals surface area (Å²) in [5.74, 6) is 0. The number of aryl methyl sites for hydroxylation is 2. The van der Waals surface area contributed by atoms with Crippen molar-refractivity contribution in [1.82, 2.24) is 0 Å². The zero-order valence-electron chi connectivity index (χ0n) is 10.2. The molecule has 2 rings (SSSR count). The normalized spacial score (nSPS) is 10.4. The van der Waals surface area contributed by atoms with Crippen LogP contribution in [0, 0.1) is 20.8 Å². The smallest absolute Gasteiger partial charge is 0.00230 e. The van der Waals surface area contributed by atoms with Crippen molar-refractivity contribution in [1.29, 1.82) is 0 Å². The third kappa shape index (κ3) is 2.33. The molecule has 0 saturated heterocycles. The van der Waals surface area contributed by atoms with Crippen LogP contribution in [0.4, 0.5) is 0 Å². The van der Waals surface area contributed by atoms with Gasteiger partial charge in [0.05, 0.1) is 0 Å². The van der Waals surface area contributed by atoms with Crippen molar-refractivity contribution < 1.29 is 0 Å².